The zero-order chi connectivity index (χ0) is 11.8. The minimum Gasteiger partial charge on any atom is -0.480 e. The van der Waals surface area contributed by atoms with Gasteiger partial charge in [0.1, 0.15) is 6.54 Å². The van der Waals surface area contributed by atoms with Crippen molar-refractivity contribution in [2.24, 2.45) is 0 Å². The van der Waals surface area contributed by atoms with Gasteiger partial charge in [-0.2, -0.15) is 0 Å². The molecule has 0 saturated carbocycles. The number of benzene rings is 1. The molecule has 3 nitrogen and oxygen atoms in total. The van der Waals surface area contributed by atoms with Crippen LogP contribution in [-0.2, 0) is 4.79 Å². The van der Waals surface area contributed by atoms with E-state index in [2.05, 4.69) is 0 Å². The van der Waals surface area contributed by atoms with E-state index >= 15 is 0 Å². The minimum absolute atomic E-state index is 0.0326. The Morgan fingerprint density at radius 2 is 1.87 bits per heavy atom. The number of anilines is 1. The number of rotatable bonds is 3. The summed E-state index contributed by atoms with van der Waals surface area (Å²) in [5.74, 6) is -0.814. The number of carboxylic acid groups (broad SMARTS) is 1. The topological polar surface area (TPSA) is 40.5 Å². The fourth-order valence-electron chi connectivity index (χ4n) is 1.28. The van der Waals surface area contributed by atoms with E-state index in [1.165, 1.54) is 0 Å². The number of para-hydroxylation sites is 1. The van der Waals surface area contributed by atoms with Crippen LogP contribution in [0.3, 0.4) is 0 Å². The molecular formula is C12H19NO2. The Bertz CT molecular complexity index is 310. The van der Waals surface area contributed by atoms with E-state index in [-0.39, 0.29) is 6.54 Å². The fourth-order valence-corrected chi connectivity index (χ4v) is 1.28. The van der Waals surface area contributed by atoms with Crippen LogP contribution in [0.2, 0.25) is 0 Å². The molecule has 0 fully saturated rings. The number of hydrogen-bond acceptors (Lipinski definition) is 2. The summed E-state index contributed by atoms with van der Waals surface area (Å²) in [4.78, 5) is 12.2. The normalized spacial score (nSPS) is 8.80. The zero-order valence-corrected chi connectivity index (χ0v) is 9.82. The fraction of sp³-hybridized carbons (Fsp3) is 0.417. The van der Waals surface area contributed by atoms with Gasteiger partial charge in [-0.25, -0.2) is 0 Å². The highest BCUT2D eigenvalue weighted by atomic mass is 16.4. The highest BCUT2D eigenvalue weighted by Crippen LogP contribution is 2.16. The molecule has 0 radical (unpaired) electrons. The maximum Gasteiger partial charge on any atom is 0.323 e. The van der Waals surface area contributed by atoms with Crippen LogP contribution in [0.4, 0.5) is 5.69 Å². The standard InChI is InChI=1S/C10H13NO2.C2H6/c1-8-5-3-4-6-9(8)11(2)7-10(12)13;1-2/h3-6H,7H2,1-2H3,(H,12,13);1-2H3. The molecule has 0 atom stereocenters. The summed E-state index contributed by atoms with van der Waals surface area (Å²) in [5.41, 5.74) is 2.05. The number of likely N-dealkylation sites (N-methyl/N-ethyl adjacent to an activating group) is 1. The molecule has 0 aliphatic rings. The molecule has 1 rings (SSSR count). The first kappa shape index (κ1) is 13.5. The van der Waals surface area contributed by atoms with E-state index < -0.39 is 5.97 Å². The Hall–Kier alpha value is -1.51. The molecule has 3 heteroatoms. The van der Waals surface area contributed by atoms with Crippen molar-refractivity contribution in [3.63, 3.8) is 0 Å². The maximum absolute atomic E-state index is 10.5. The highest BCUT2D eigenvalue weighted by Gasteiger charge is 2.06. The number of aliphatic carboxylic acids is 1. The highest BCUT2D eigenvalue weighted by molar-refractivity contribution is 5.74. The van der Waals surface area contributed by atoms with Crippen LogP contribution in [0.1, 0.15) is 19.4 Å². The Balaban J connectivity index is 0.000000921. The van der Waals surface area contributed by atoms with E-state index in [9.17, 15) is 4.79 Å². The second-order valence-electron chi connectivity index (χ2n) is 3.04. The summed E-state index contributed by atoms with van der Waals surface area (Å²) in [6.45, 7) is 6.00. The van der Waals surface area contributed by atoms with Gasteiger partial charge < -0.3 is 10.0 Å². The average molecular weight is 209 g/mol. The quantitative estimate of drug-likeness (QED) is 0.831. The van der Waals surface area contributed by atoms with Gasteiger partial charge in [-0.1, -0.05) is 32.0 Å². The van der Waals surface area contributed by atoms with Crippen molar-refractivity contribution in [2.75, 3.05) is 18.5 Å². The van der Waals surface area contributed by atoms with Gasteiger partial charge in [-0.3, -0.25) is 4.79 Å². The molecule has 0 aliphatic heterocycles. The summed E-state index contributed by atoms with van der Waals surface area (Å²) >= 11 is 0. The molecule has 1 aromatic carbocycles. The van der Waals surface area contributed by atoms with E-state index in [0.29, 0.717) is 0 Å². The summed E-state index contributed by atoms with van der Waals surface area (Å²) in [6.07, 6.45) is 0. The smallest absolute Gasteiger partial charge is 0.323 e. The van der Waals surface area contributed by atoms with E-state index in [0.717, 1.165) is 11.3 Å². The summed E-state index contributed by atoms with van der Waals surface area (Å²) in [6, 6.07) is 7.72. The van der Waals surface area contributed by atoms with Gasteiger partial charge in [-0.15, -0.1) is 0 Å². The number of nitrogens with zero attached hydrogens (tertiary/aromatic N) is 1. The minimum atomic E-state index is -0.814. The Kier molecular flexibility index (Phi) is 6.18. The maximum atomic E-state index is 10.5. The predicted molar refractivity (Wildman–Crippen MR) is 63.4 cm³/mol. The van der Waals surface area contributed by atoms with Crippen LogP contribution in [0.5, 0.6) is 0 Å². The van der Waals surface area contributed by atoms with E-state index in [4.69, 9.17) is 5.11 Å². The predicted octanol–water partition coefficient (Wildman–Crippen LogP) is 2.54. The molecule has 84 valence electrons. The second-order valence-corrected chi connectivity index (χ2v) is 3.04. The van der Waals surface area contributed by atoms with Crippen molar-refractivity contribution >= 4 is 11.7 Å². The number of hydrogen-bond donors (Lipinski definition) is 1. The number of carbonyl (C=O) groups is 1. The second kappa shape index (κ2) is 6.87. The lowest BCUT2D eigenvalue weighted by Crippen LogP contribution is -2.25. The lowest BCUT2D eigenvalue weighted by Gasteiger charge is -2.18. The van der Waals surface area contributed by atoms with Gasteiger partial charge in [0.05, 0.1) is 0 Å². The molecule has 15 heavy (non-hydrogen) atoms. The monoisotopic (exact) mass is 209 g/mol. The molecule has 0 bridgehead atoms. The Labute approximate surface area is 91.3 Å². The Morgan fingerprint density at radius 1 is 1.33 bits per heavy atom. The van der Waals surface area contributed by atoms with Crippen LogP contribution >= 0.6 is 0 Å². The number of carboxylic acids is 1. The van der Waals surface area contributed by atoms with Crippen LogP contribution in [0.25, 0.3) is 0 Å². The SMILES string of the molecule is CC.Cc1ccccc1N(C)CC(=O)O. The third kappa shape index (κ3) is 4.49. The van der Waals surface area contributed by atoms with Crippen molar-refractivity contribution in [2.45, 2.75) is 20.8 Å². The zero-order valence-electron chi connectivity index (χ0n) is 9.82. The van der Waals surface area contributed by atoms with Crippen molar-refractivity contribution in [3.8, 4) is 0 Å². The van der Waals surface area contributed by atoms with Crippen molar-refractivity contribution in [1.82, 2.24) is 0 Å². The van der Waals surface area contributed by atoms with Crippen LogP contribution in [0, 0.1) is 6.92 Å². The van der Waals surface area contributed by atoms with Gasteiger partial charge in [0, 0.05) is 12.7 Å². The van der Waals surface area contributed by atoms with Gasteiger partial charge in [0.2, 0.25) is 0 Å². The molecule has 0 unspecified atom stereocenters. The summed E-state index contributed by atoms with van der Waals surface area (Å²) < 4.78 is 0. The molecule has 0 amide bonds. The first-order chi connectivity index (χ1) is 7.11. The third-order valence-electron chi connectivity index (χ3n) is 1.90. The van der Waals surface area contributed by atoms with Crippen molar-refractivity contribution in [1.29, 1.82) is 0 Å². The van der Waals surface area contributed by atoms with Crippen LogP contribution in [-0.4, -0.2) is 24.7 Å². The van der Waals surface area contributed by atoms with E-state index in [1.807, 2.05) is 45.0 Å². The molecule has 1 aromatic rings. The molecule has 0 aromatic heterocycles. The van der Waals surface area contributed by atoms with Gasteiger partial charge >= 0.3 is 5.97 Å². The molecule has 0 aliphatic carbocycles. The molecule has 0 heterocycles. The molecular weight excluding hydrogens is 190 g/mol. The van der Waals surface area contributed by atoms with Crippen LogP contribution < -0.4 is 4.90 Å². The third-order valence-corrected chi connectivity index (χ3v) is 1.90. The largest absolute Gasteiger partial charge is 0.480 e. The van der Waals surface area contributed by atoms with Gasteiger partial charge in [0.15, 0.2) is 0 Å². The molecule has 1 N–H and O–H groups in total. The first-order valence-corrected chi connectivity index (χ1v) is 5.10. The lowest BCUT2D eigenvalue weighted by molar-refractivity contribution is -0.135. The van der Waals surface area contributed by atoms with Gasteiger partial charge in [0.25, 0.3) is 0 Å². The Morgan fingerprint density at radius 3 is 2.33 bits per heavy atom. The van der Waals surface area contributed by atoms with Crippen molar-refractivity contribution < 1.29 is 9.90 Å². The first-order valence-electron chi connectivity index (χ1n) is 5.10. The van der Waals surface area contributed by atoms with Gasteiger partial charge in [-0.05, 0) is 18.6 Å². The number of aryl methyl sites for hydroxylation is 1. The average Bonchev–Trinajstić information content (AvgIpc) is 2.20. The summed E-state index contributed by atoms with van der Waals surface area (Å²) in [7, 11) is 1.77. The van der Waals surface area contributed by atoms with Crippen molar-refractivity contribution in [3.05, 3.63) is 29.8 Å². The van der Waals surface area contributed by atoms with Crippen LogP contribution in [0.15, 0.2) is 24.3 Å². The molecule has 0 saturated heterocycles. The molecule has 0 spiro atoms. The van der Waals surface area contributed by atoms with E-state index in [1.54, 1.807) is 11.9 Å². The lowest BCUT2D eigenvalue weighted by atomic mass is 10.2. The summed E-state index contributed by atoms with van der Waals surface area (Å²) in [5, 5.41) is 8.59.